The van der Waals surface area contributed by atoms with Crippen molar-refractivity contribution in [2.24, 2.45) is 0 Å². The number of rotatable bonds is 7. The van der Waals surface area contributed by atoms with E-state index in [1.165, 1.54) is 23.9 Å². The van der Waals surface area contributed by atoms with E-state index in [1.54, 1.807) is 19.2 Å². The molecule has 0 saturated heterocycles. The Balaban J connectivity index is 1.68. The van der Waals surface area contributed by atoms with Crippen molar-refractivity contribution in [3.8, 4) is 17.1 Å². The van der Waals surface area contributed by atoms with Gasteiger partial charge in [0.05, 0.1) is 12.9 Å². The van der Waals surface area contributed by atoms with Gasteiger partial charge in [-0.3, -0.25) is 4.79 Å². The minimum Gasteiger partial charge on any atom is -0.497 e. The number of benzene rings is 2. The maximum Gasteiger partial charge on any atom is 0.234 e. The molecule has 0 aliphatic heterocycles. The molecule has 8 heteroatoms. The molecule has 1 heterocycles. The topological polar surface area (TPSA) is 69.0 Å². The molecule has 2 aromatic carbocycles. The van der Waals surface area contributed by atoms with Crippen LogP contribution in [0.5, 0.6) is 5.75 Å². The van der Waals surface area contributed by atoms with Crippen LogP contribution in [0.4, 0.5) is 10.1 Å². The van der Waals surface area contributed by atoms with E-state index in [-0.39, 0.29) is 11.7 Å². The summed E-state index contributed by atoms with van der Waals surface area (Å²) in [5.74, 6) is 1.02. The lowest BCUT2D eigenvalue weighted by atomic mass is 10.2. The lowest BCUT2D eigenvalue weighted by Gasteiger charge is -2.08. The smallest absolute Gasteiger partial charge is 0.234 e. The third-order valence-corrected chi connectivity index (χ3v) is 4.79. The summed E-state index contributed by atoms with van der Waals surface area (Å²) < 4.78 is 20.3. The van der Waals surface area contributed by atoms with Gasteiger partial charge >= 0.3 is 0 Å². The molecule has 0 fully saturated rings. The van der Waals surface area contributed by atoms with Crippen molar-refractivity contribution in [2.45, 2.75) is 18.6 Å². The number of hydrogen-bond donors (Lipinski definition) is 1. The first-order valence-electron chi connectivity index (χ1n) is 8.36. The van der Waals surface area contributed by atoms with Crippen LogP contribution in [0.3, 0.4) is 0 Å². The number of amides is 1. The van der Waals surface area contributed by atoms with Crippen LogP contribution in [0, 0.1) is 5.82 Å². The molecule has 140 valence electrons. The number of methoxy groups -OCH3 is 1. The van der Waals surface area contributed by atoms with Gasteiger partial charge in [-0.05, 0) is 49.4 Å². The number of nitrogens with zero attached hydrogens (tertiary/aromatic N) is 3. The third kappa shape index (κ3) is 4.65. The van der Waals surface area contributed by atoms with E-state index in [2.05, 4.69) is 15.5 Å². The average Bonchev–Trinajstić information content (AvgIpc) is 3.09. The van der Waals surface area contributed by atoms with Crippen molar-refractivity contribution in [1.82, 2.24) is 14.8 Å². The lowest BCUT2D eigenvalue weighted by molar-refractivity contribution is -0.113. The van der Waals surface area contributed by atoms with Gasteiger partial charge in [-0.1, -0.05) is 17.8 Å². The number of hydrogen-bond acceptors (Lipinski definition) is 5. The molecule has 0 aliphatic carbocycles. The van der Waals surface area contributed by atoms with Gasteiger partial charge in [0.25, 0.3) is 0 Å². The van der Waals surface area contributed by atoms with Gasteiger partial charge in [-0.25, -0.2) is 4.39 Å². The Morgan fingerprint density at radius 3 is 2.67 bits per heavy atom. The fraction of sp³-hybridized carbons (Fsp3) is 0.211. The summed E-state index contributed by atoms with van der Waals surface area (Å²) in [6, 6.07) is 13.4. The number of thioether (sulfide) groups is 1. The minimum absolute atomic E-state index is 0.150. The number of halogens is 1. The minimum atomic E-state index is -0.393. The van der Waals surface area contributed by atoms with Crippen LogP contribution in [0.15, 0.2) is 53.7 Å². The van der Waals surface area contributed by atoms with Gasteiger partial charge in [0, 0.05) is 17.8 Å². The molecule has 27 heavy (non-hydrogen) atoms. The molecule has 0 aliphatic rings. The van der Waals surface area contributed by atoms with Crippen molar-refractivity contribution >= 4 is 23.4 Å². The maximum absolute atomic E-state index is 13.2. The van der Waals surface area contributed by atoms with Crippen molar-refractivity contribution in [2.75, 3.05) is 18.2 Å². The predicted octanol–water partition coefficient (Wildman–Crippen LogP) is 3.84. The zero-order valence-electron chi connectivity index (χ0n) is 15.0. The first-order chi connectivity index (χ1) is 13.1. The van der Waals surface area contributed by atoms with Gasteiger partial charge in [0.1, 0.15) is 11.6 Å². The Kier molecular flexibility index (Phi) is 6.08. The standard InChI is InChI=1S/C19H19FN4O2S/c1-3-24-18(13-7-9-16(26-2)10-8-13)22-23-19(24)27-12-17(25)21-15-6-4-5-14(20)11-15/h4-11H,3,12H2,1-2H3,(H,21,25). The molecule has 6 nitrogen and oxygen atoms in total. The highest BCUT2D eigenvalue weighted by molar-refractivity contribution is 7.99. The van der Waals surface area contributed by atoms with Crippen LogP contribution in [0.1, 0.15) is 6.92 Å². The van der Waals surface area contributed by atoms with Gasteiger partial charge < -0.3 is 14.6 Å². The molecule has 0 saturated carbocycles. The van der Waals surface area contributed by atoms with E-state index in [1.807, 2.05) is 35.8 Å². The third-order valence-electron chi connectivity index (χ3n) is 3.82. The Morgan fingerprint density at radius 1 is 1.22 bits per heavy atom. The van der Waals surface area contributed by atoms with Crippen molar-refractivity contribution in [3.63, 3.8) is 0 Å². The molecule has 1 N–H and O–H groups in total. The number of carbonyl (C=O) groups is 1. The van der Waals surface area contributed by atoms with Crippen LogP contribution in [0.2, 0.25) is 0 Å². The highest BCUT2D eigenvalue weighted by atomic mass is 32.2. The number of nitrogens with one attached hydrogen (secondary N) is 1. The van der Waals surface area contributed by atoms with Gasteiger partial charge in [0.15, 0.2) is 11.0 Å². The zero-order chi connectivity index (χ0) is 19.2. The van der Waals surface area contributed by atoms with Crippen LogP contribution < -0.4 is 10.1 Å². The summed E-state index contributed by atoms with van der Waals surface area (Å²) in [7, 11) is 1.62. The summed E-state index contributed by atoms with van der Waals surface area (Å²) >= 11 is 1.29. The second-order valence-electron chi connectivity index (χ2n) is 5.63. The van der Waals surface area contributed by atoms with E-state index < -0.39 is 5.82 Å². The van der Waals surface area contributed by atoms with Crippen LogP contribution >= 0.6 is 11.8 Å². The van der Waals surface area contributed by atoms with Crippen molar-refractivity contribution < 1.29 is 13.9 Å². The first kappa shape index (κ1) is 18.9. The largest absolute Gasteiger partial charge is 0.497 e. The normalized spacial score (nSPS) is 10.6. The Hall–Kier alpha value is -2.87. The van der Waals surface area contributed by atoms with Crippen LogP contribution in [0.25, 0.3) is 11.4 Å². The quantitative estimate of drug-likeness (QED) is 0.625. The monoisotopic (exact) mass is 386 g/mol. The Morgan fingerprint density at radius 2 is 2.00 bits per heavy atom. The molecule has 0 unspecified atom stereocenters. The Labute approximate surface area is 160 Å². The molecule has 3 rings (SSSR count). The molecule has 1 aromatic heterocycles. The van der Waals surface area contributed by atoms with E-state index in [0.29, 0.717) is 17.4 Å². The van der Waals surface area contributed by atoms with Gasteiger partial charge in [-0.15, -0.1) is 10.2 Å². The Bertz CT molecular complexity index is 928. The molecular weight excluding hydrogens is 367 g/mol. The van der Waals surface area contributed by atoms with E-state index in [9.17, 15) is 9.18 Å². The maximum atomic E-state index is 13.2. The van der Waals surface area contributed by atoms with Crippen molar-refractivity contribution in [3.05, 3.63) is 54.3 Å². The number of aromatic nitrogens is 3. The van der Waals surface area contributed by atoms with Crippen LogP contribution in [-0.4, -0.2) is 33.5 Å². The molecule has 0 bridgehead atoms. The fourth-order valence-electron chi connectivity index (χ4n) is 2.53. The second-order valence-corrected chi connectivity index (χ2v) is 6.57. The summed E-state index contributed by atoms with van der Waals surface area (Å²) in [5.41, 5.74) is 1.35. The van der Waals surface area contributed by atoms with Gasteiger partial charge in [0.2, 0.25) is 5.91 Å². The predicted molar refractivity (Wildman–Crippen MR) is 103 cm³/mol. The van der Waals surface area contributed by atoms with Crippen LogP contribution in [-0.2, 0) is 11.3 Å². The van der Waals surface area contributed by atoms with Crippen molar-refractivity contribution in [1.29, 1.82) is 0 Å². The van der Waals surface area contributed by atoms with E-state index in [0.717, 1.165) is 17.1 Å². The molecule has 1 amide bonds. The second kappa shape index (κ2) is 8.68. The molecule has 0 spiro atoms. The fourth-order valence-corrected chi connectivity index (χ4v) is 3.33. The molecular formula is C19H19FN4O2S. The lowest BCUT2D eigenvalue weighted by Crippen LogP contribution is -2.14. The first-order valence-corrected chi connectivity index (χ1v) is 9.35. The summed E-state index contributed by atoms with van der Waals surface area (Å²) in [6.45, 7) is 2.66. The number of ether oxygens (including phenoxy) is 1. The van der Waals surface area contributed by atoms with E-state index >= 15 is 0 Å². The summed E-state index contributed by atoms with van der Waals surface area (Å²) in [6.07, 6.45) is 0. The molecule has 0 atom stereocenters. The summed E-state index contributed by atoms with van der Waals surface area (Å²) in [5, 5.41) is 11.8. The SMILES string of the molecule is CCn1c(SCC(=O)Nc2cccc(F)c2)nnc1-c1ccc(OC)cc1. The summed E-state index contributed by atoms with van der Waals surface area (Å²) in [4.78, 5) is 12.1. The average molecular weight is 386 g/mol. The number of carbonyl (C=O) groups excluding carboxylic acids is 1. The van der Waals surface area contributed by atoms with Gasteiger partial charge in [-0.2, -0.15) is 0 Å². The number of anilines is 1. The highest BCUT2D eigenvalue weighted by Crippen LogP contribution is 2.25. The molecule has 0 radical (unpaired) electrons. The zero-order valence-corrected chi connectivity index (χ0v) is 15.8. The molecule has 3 aromatic rings. The highest BCUT2D eigenvalue weighted by Gasteiger charge is 2.15. The van der Waals surface area contributed by atoms with E-state index in [4.69, 9.17) is 4.74 Å².